The van der Waals surface area contributed by atoms with Crippen LogP contribution in [0.3, 0.4) is 0 Å². The van der Waals surface area contributed by atoms with Crippen molar-refractivity contribution in [3.05, 3.63) is 0 Å². The van der Waals surface area contributed by atoms with E-state index in [0.29, 0.717) is 6.04 Å². The van der Waals surface area contributed by atoms with Crippen molar-refractivity contribution >= 4 is 5.97 Å². The first-order valence-electron chi connectivity index (χ1n) is 5.37. The summed E-state index contributed by atoms with van der Waals surface area (Å²) < 4.78 is 0. The molecule has 0 spiro atoms. The Morgan fingerprint density at radius 1 is 1.43 bits per heavy atom. The third-order valence-electron chi connectivity index (χ3n) is 2.95. The molecule has 0 radical (unpaired) electrons. The third-order valence-corrected chi connectivity index (χ3v) is 2.95. The monoisotopic (exact) mass is 199 g/mol. The van der Waals surface area contributed by atoms with Gasteiger partial charge in [0.1, 0.15) is 0 Å². The smallest absolute Gasteiger partial charge is 0.317 e. The van der Waals surface area contributed by atoms with Crippen molar-refractivity contribution in [3.8, 4) is 0 Å². The number of carbonyl (C=O) groups is 1. The Balaban J connectivity index is 2.64. The number of carboxylic acids is 1. The second-order valence-corrected chi connectivity index (χ2v) is 5.24. The molecule has 3 heteroatoms. The maximum absolute atomic E-state index is 10.7. The first kappa shape index (κ1) is 11.5. The summed E-state index contributed by atoms with van der Waals surface area (Å²) in [7, 11) is 0. The van der Waals surface area contributed by atoms with Crippen LogP contribution in [0.5, 0.6) is 0 Å². The molecule has 0 aromatic rings. The van der Waals surface area contributed by atoms with Crippen molar-refractivity contribution < 1.29 is 9.90 Å². The number of nitrogens with zero attached hydrogens (tertiary/aromatic N) is 1. The molecule has 1 aliphatic rings. The van der Waals surface area contributed by atoms with E-state index in [1.807, 2.05) is 0 Å². The second-order valence-electron chi connectivity index (χ2n) is 5.24. The van der Waals surface area contributed by atoms with E-state index in [9.17, 15) is 4.79 Å². The van der Waals surface area contributed by atoms with E-state index >= 15 is 0 Å². The van der Waals surface area contributed by atoms with Gasteiger partial charge in [-0.3, -0.25) is 9.69 Å². The van der Waals surface area contributed by atoms with Gasteiger partial charge in [-0.1, -0.05) is 27.2 Å². The lowest BCUT2D eigenvalue weighted by molar-refractivity contribution is -0.140. The predicted molar refractivity (Wildman–Crippen MR) is 56.3 cm³/mol. The highest BCUT2D eigenvalue weighted by Gasteiger charge is 2.32. The molecule has 1 N–H and O–H groups in total. The van der Waals surface area contributed by atoms with Gasteiger partial charge in [-0.05, 0) is 24.8 Å². The Morgan fingerprint density at radius 3 is 2.57 bits per heavy atom. The minimum absolute atomic E-state index is 0.190. The van der Waals surface area contributed by atoms with Gasteiger partial charge in [0.15, 0.2) is 0 Å². The molecule has 1 aliphatic heterocycles. The van der Waals surface area contributed by atoms with Gasteiger partial charge in [0, 0.05) is 6.04 Å². The highest BCUT2D eigenvalue weighted by molar-refractivity contribution is 5.69. The van der Waals surface area contributed by atoms with E-state index in [4.69, 9.17) is 5.11 Å². The Hall–Kier alpha value is -0.570. The molecule has 1 saturated heterocycles. The summed E-state index contributed by atoms with van der Waals surface area (Å²) in [6, 6.07) is 0.423. The van der Waals surface area contributed by atoms with Crippen LogP contribution in [0.25, 0.3) is 0 Å². The van der Waals surface area contributed by atoms with Gasteiger partial charge in [0.25, 0.3) is 0 Å². The lowest BCUT2D eigenvalue weighted by Crippen LogP contribution is -2.49. The maximum Gasteiger partial charge on any atom is 0.317 e. The summed E-state index contributed by atoms with van der Waals surface area (Å²) in [4.78, 5) is 12.8. The van der Waals surface area contributed by atoms with Gasteiger partial charge < -0.3 is 5.11 Å². The van der Waals surface area contributed by atoms with E-state index in [1.54, 1.807) is 0 Å². The molecule has 0 aromatic heterocycles. The van der Waals surface area contributed by atoms with Gasteiger partial charge in [0.2, 0.25) is 0 Å². The Kier molecular flexibility index (Phi) is 3.53. The Bertz CT molecular complexity index is 208. The minimum atomic E-state index is -0.707. The predicted octanol–water partition coefficient (Wildman–Crippen LogP) is 1.97. The molecule has 3 nitrogen and oxygen atoms in total. The SMILES string of the molecule is CC(C)(C)C1CCCCN1CC(=O)O. The zero-order valence-corrected chi connectivity index (χ0v) is 9.42. The van der Waals surface area contributed by atoms with Crippen LogP contribution in [0.1, 0.15) is 40.0 Å². The van der Waals surface area contributed by atoms with Crippen molar-refractivity contribution in [3.63, 3.8) is 0 Å². The fourth-order valence-corrected chi connectivity index (χ4v) is 2.33. The maximum atomic E-state index is 10.7. The van der Waals surface area contributed by atoms with Crippen molar-refractivity contribution in [2.75, 3.05) is 13.1 Å². The number of hydrogen-bond donors (Lipinski definition) is 1. The van der Waals surface area contributed by atoms with Gasteiger partial charge in [0.05, 0.1) is 6.54 Å². The topological polar surface area (TPSA) is 40.5 Å². The van der Waals surface area contributed by atoms with Gasteiger partial charge in [-0.2, -0.15) is 0 Å². The molecule has 0 saturated carbocycles. The molecule has 1 rings (SSSR count). The van der Waals surface area contributed by atoms with Crippen LogP contribution in [0.2, 0.25) is 0 Å². The number of hydrogen-bond acceptors (Lipinski definition) is 2. The van der Waals surface area contributed by atoms with Crippen molar-refractivity contribution in [2.45, 2.75) is 46.1 Å². The normalized spacial score (nSPS) is 24.9. The quantitative estimate of drug-likeness (QED) is 0.739. The van der Waals surface area contributed by atoms with Gasteiger partial charge in [-0.15, -0.1) is 0 Å². The molecule has 82 valence electrons. The van der Waals surface area contributed by atoms with E-state index in [1.165, 1.54) is 6.42 Å². The summed E-state index contributed by atoms with van der Waals surface area (Å²) in [6.45, 7) is 7.71. The van der Waals surface area contributed by atoms with Crippen LogP contribution in [0, 0.1) is 5.41 Å². The molecule has 1 fully saturated rings. The van der Waals surface area contributed by atoms with E-state index in [0.717, 1.165) is 19.4 Å². The largest absolute Gasteiger partial charge is 0.480 e. The molecular formula is C11H21NO2. The molecule has 14 heavy (non-hydrogen) atoms. The van der Waals surface area contributed by atoms with Crippen molar-refractivity contribution in [1.29, 1.82) is 0 Å². The molecule has 0 amide bonds. The minimum Gasteiger partial charge on any atom is -0.480 e. The first-order valence-corrected chi connectivity index (χ1v) is 5.37. The number of carboxylic acid groups (broad SMARTS) is 1. The third kappa shape index (κ3) is 2.98. The van der Waals surface area contributed by atoms with Crippen LogP contribution in [0.4, 0.5) is 0 Å². The lowest BCUT2D eigenvalue weighted by Gasteiger charge is -2.42. The molecule has 0 aromatic carbocycles. The summed E-state index contributed by atoms with van der Waals surface area (Å²) in [5, 5.41) is 8.81. The van der Waals surface area contributed by atoms with E-state index in [2.05, 4.69) is 25.7 Å². The summed E-state index contributed by atoms with van der Waals surface area (Å²) in [5.41, 5.74) is 0.190. The van der Waals surface area contributed by atoms with E-state index in [-0.39, 0.29) is 12.0 Å². The highest BCUT2D eigenvalue weighted by Crippen LogP contribution is 2.31. The zero-order valence-electron chi connectivity index (χ0n) is 9.42. The van der Waals surface area contributed by atoms with Gasteiger partial charge >= 0.3 is 5.97 Å². The first-order chi connectivity index (χ1) is 6.41. The van der Waals surface area contributed by atoms with Gasteiger partial charge in [-0.25, -0.2) is 0 Å². The fourth-order valence-electron chi connectivity index (χ4n) is 2.33. The van der Waals surface area contributed by atoms with Crippen molar-refractivity contribution in [1.82, 2.24) is 4.90 Å². The number of rotatable bonds is 2. The standard InChI is InChI=1S/C11H21NO2/c1-11(2,3)9-6-4-5-7-12(9)8-10(13)14/h9H,4-8H2,1-3H3,(H,13,14). The van der Waals surface area contributed by atoms with Crippen LogP contribution in [0.15, 0.2) is 0 Å². The summed E-state index contributed by atoms with van der Waals surface area (Å²) >= 11 is 0. The second kappa shape index (κ2) is 4.30. The molecule has 1 atom stereocenters. The number of likely N-dealkylation sites (tertiary alicyclic amines) is 1. The summed E-state index contributed by atoms with van der Waals surface area (Å²) in [5.74, 6) is -0.707. The number of aliphatic carboxylic acids is 1. The average molecular weight is 199 g/mol. The zero-order chi connectivity index (χ0) is 10.8. The van der Waals surface area contributed by atoms with E-state index < -0.39 is 5.97 Å². The molecule has 1 unspecified atom stereocenters. The van der Waals surface area contributed by atoms with Crippen LogP contribution in [-0.2, 0) is 4.79 Å². The average Bonchev–Trinajstić information content (AvgIpc) is 2.01. The number of piperidine rings is 1. The Labute approximate surface area is 86.1 Å². The summed E-state index contributed by atoms with van der Waals surface area (Å²) in [6.07, 6.45) is 3.51. The lowest BCUT2D eigenvalue weighted by atomic mass is 9.80. The molecule has 1 heterocycles. The fraction of sp³-hybridized carbons (Fsp3) is 0.909. The highest BCUT2D eigenvalue weighted by atomic mass is 16.4. The molecule has 0 bridgehead atoms. The van der Waals surface area contributed by atoms with Crippen LogP contribution >= 0.6 is 0 Å². The van der Waals surface area contributed by atoms with Crippen molar-refractivity contribution in [2.24, 2.45) is 5.41 Å². The Morgan fingerprint density at radius 2 is 2.07 bits per heavy atom. The molecular weight excluding hydrogens is 178 g/mol. The molecule has 0 aliphatic carbocycles. The van der Waals surface area contributed by atoms with Crippen LogP contribution in [-0.4, -0.2) is 35.1 Å². The van der Waals surface area contributed by atoms with Crippen LogP contribution < -0.4 is 0 Å².